The van der Waals surface area contributed by atoms with Crippen molar-refractivity contribution in [1.82, 2.24) is 4.98 Å². The van der Waals surface area contributed by atoms with Crippen LogP contribution in [-0.4, -0.2) is 19.2 Å². The van der Waals surface area contributed by atoms with E-state index in [-0.39, 0.29) is 5.56 Å². The molecule has 0 amide bonds. The molecule has 0 atom stereocenters. The lowest BCUT2D eigenvalue weighted by Gasteiger charge is -2.08. The summed E-state index contributed by atoms with van der Waals surface area (Å²) in [4.78, 5) is 14.5. The SMILES string of the molecule is COc1cc2cc(C)[nH]c(=O)c2cc1OC. The number of aromatic nitrogens is 1. The number of aryl methyl sites for hydroxylation is 1. The zero-order valence-corrected chi connectivity index (χ0v) is 9.46. The van der Waals surface area contributed by atoms with E-state index in [0.29, 0.717) is 16.9 Å². The Morgan fingerprint density at radius 1 is 1.06 bits per heavy atom. The highest BCUT2D eigenvalue weighted by Gasteiger charge is 2.08. The second-order valence-electron chi connectivity index (χ2n) is 3.58. The van der Waals surface area contributed by atoms with Crippen LogP contribution >= 0.6 is 0 Å². The van der Waals surface area contributed by atoms with Crippen molar-refractivity contribution in [2.75, 3.05) is 14.2 Å². The van der Waals surface area contributed by atoms with Crippen LogP contribution in [-0.2, 0) is 0 Å². The van der Waals surface area contributed by atoms with Gasteiger partial charge in [0, 0.05) is 5.69 Å². The molecular formula is C12H13NO3. The van der Waals surface area contributed by atoms with Gasteiger partial charge in [-0.1, -0.05) is 0 Å². The molecule has 84 valence electrons. The van der Waals surface area contributed by atoms with Crippen LogP contribution in [0.3, 0.4) is 0 Å². The maximum Gasteiger partial charge on any atom is 0.256 e. The average molecular weight is 219 g/mol. The maximum atomic E-state index is 11.7. The Kier molecular flexibility index (Phi) is 2.56. The highest BCUT2D eigenvalue weighted by Crippen LogP contribution is 2.30. The predicted octanol–water partition coefficient (Wildman–Crippen LogP) is 1.85. The first kappa shape index (κ1) is 10.5. The molecule has 0 saturated carbocycles. The summed E-state index contributed by atoms with van der Waals surface area (Å²) >= 11 is 0. The van der Waals surface area contributed by atoms with E-state index in [1.807, 2.05) is 13.0 Å². The molecule has 1 aromatic heterocycles. The molecule has 0 aliphatic heterocycles. The minimum absolute atomic E-state index is 0.115. The first-order chi connectivity index (χ1) is 7.65. The highest BCUT2D eigenvalue weighted by atomic mass is 16.5. The van der Waals surface area contributed by atoms with Gasteiger partial charge in [-0.25, -0.2) is 0 Å². The summed E-state index contributed by atoms with van der Waals surface area (Å²) in [6.07, 6.45) is 0. The van der Waals surface area contributed by atoms with Crippen LogP contribution in [0, 0.1) is 6.92 Å². The number of pyridine rings is 1. The normalized spacial score (nSPS) is 10.4. The Morgan fingerprint density at radius 2 is 1.69 bits per heavy atom. The Labute approximate surface area is 92.8 Å². The number of rotatable bonds is 2. The van der Waals surface area contributed by atoms with Crippen LogP contribution in [0.5, 0.6) is 11.5 Å². The fourth-order valence-electron chi connectivity index (χ4n) is 1.73. The van der Waals surface area contributed by atoms with Gasteiger partial charge >= 0.3 is 0 Å². The second kappa shape index (κ2) is 3.89. The molecule has 16 heavy (non-hydrogen) atoms. The number of hydrogen-bond acceptors (Lipinski definition) is 3. The number of aromatic amines is 1. The van der Waals surface area contributed by atoms with E-state index in [1.165, 1.54) is 0 Å². The predicted molar refractivity (Wildman–Crippen MR) is 62.4 cm³/mol. The van der Waals surface area contributed by atoms with E-state index >= 15 is 0 Å². The molecule has 2 aromatic rings. The average Bonchev–Trinajstić information content (AvgIpc) is 2.27. The van der Waals surface area contributed by atoms with Crippen LogP contribution < -0.4 is 15.0 Å². The fourth-order valence-corrected chi connectivity index (χ4v) is 1.73. The molecule has 0 aliphatic carbocycles. The number of nitrogens with one attached hydrogen (secondary N) is 1. The quantitative estimate of drug-likeness (QED) is 0.838. The van der Waals surface area contributed by atoms with E-state index in [4.69, 9.17) is 9.47 Å². The zero-order chi connectivity index (χ0) is 11.7. The third-order valence-corrected chi connectivity index (χ3v) is 2.48. The first-order valence-electron chi connectivity index (χ1n) is 4.91. The number of hydrogen-bond donors (Lipinski definition) is 1. The van der Waals surface area contributed by atoms with Gasteiger partial charge in [0.25, 0.3) is 5.56 Å². The third kappa shape index (κ3) is 1.62. The van der Waals surface area contributed by atoms with E-state index in [2.05, 4.69) is 4.98 Å². The van der Waals surface area contributed by atoms with Gasteiger partial charge in [0.2, 0.25) is 0 Å². The van der Waals surface area contributed by atoms with Crippen LogP contribution in [0.2, 0.25) is 0 Å². The maximum absolute atomic E-state index is 11.7. The Hall–Kier alpha value is -1.97. The molecule has 2 rings (SSSR count). The van der Waals surface area contributed by atoms with Crippen molar-refractivity contribution in [2.24, 2.45) is 0 Å². The number of methoxy groups -OCH3 is 2. The minimum atomic E-state index is -0.115. The summed E-state index contributed by atoms with van der Waals surface area (Å²) in [7, 11) is 3.12. The van der Waals surface area contributed by atoms with Crippen molar-refractivity contribution in [3.05, 3.63) is 34.2 Å². The van der Waals surface area contributed by atoms with Crippen LogP contribution in [0.25, 0.3) is 10.8 Å². The van der Waals surface area contributed by atoms with Crippen LogP contribution in [0.1, 0.15) is 5.69 Å². The van der Waals surface area contributed by atoms with Crippen molar-refractivity contribution in [3.8, 4) is 11.5 Å². The van der Waals surface area contributed by atoms with Gasteiger partial charge in [-0.15, -0.1) is 0 Å². The first-order valence-corrected chi connectivity index (χ1v) is 4.91. The smallest absolute Gasteiger partial charge is 0.256 e. The van der Waals surface area contributed by atoms with Crippen molar-refractivity contribution in [2.45, 2.75) is 6.92 Å². The van der Waals surface area contributed by atoms with E-state index in [1.54, 1.807) is 26.4 Å². The molecule has 4 nitrogen and oxygen atoms in total. The van der Waals surface area contributed by atoms with Gasteiger partial charge < -0.3 is 14.5 Å². The number of benzene rings is 1. The number of fused-ring (bicyclic) bond motifs is 1. The van der Waals surface area contributed by atoms with Crippen LogP contribution in [0.4, 0.5) is 0 Å². The minimum Gasteiger partial charge on any atom is -0.493 e. The lowest BCUT2D eigenvalue weighted by Crippen LogP contribution is -2.07. The van der Waals surface area contributed by atoms with E-state index < -0.39 is 0 Å². The molecular weight excluding hydrogens is 206 g/mol. The molecule has 0 bridgehead atoms. The topological polar surface area (TPSA) is 51.3 Å². The monoisotopic (exact) mass is 219 g/mol. The van der Waals surface area contributed by atoms with E-state index in [0.717, 1.165) is 11.1 Å². The largest absolute Gasteiger partial charge is 0.493 e. The van der Waals surface area contributed by atoms with Crippen molar-refractivity contribution < 1.29 is 9.47 Å². The fraction of sp³-hybridized carbons (Fsp3) is 0.250. The molecule has 0 radical (unpaired) electrons. The summed E-state index contributed by atoms with van der Waals surface area (Å²) in [5.74, 6) is 1.18. The lowest BCUT2D eigenvalue weighted by molar-refractivity contribution is 0.356. The molecule has 0 spiro atoms. The summed E-state index contributed by atoms with van der Waals surface area (Å²) in [6.45, 7) is 1.84. The van der Waals surface area contributed by atoms with Gasteiger partial charge in [0.05, 0.1) is 19.6 Å². The molecule has 1 aromatic carbocycles. The van der Waals surface area contributed by atoms with Crippen molar-refractivity contribution in [3.63, 3.8) is 0 Å². The van der Waals surface area contributed by atoms with Gasteiger partial charge in [0.1, 0.15) is 0 Å². The van der Waals surface area contributed by atoms with Gasteiger partial charge in [0.15, 0.2) is 11.5 Å². The standard InChI is InChI=1S/C12H13NO3/c1-7-4-8-5-10(15-2)11(16-3)6-9(8)12(14)13-7/h4-6H,1-3H3,(H,13,14). The molecule has 4 heteroatoms. The van der Waals surface area contributed by atoms with Gasteiger partial charge in [-0.05, 0) is 30.5 Å². The van der Waals surface area contributed by atoms with Gasteiger partial charge in [-0.3, -0.25) is 4.79 Å². The second-order valence-corrected chi connectivity index (χ2v) is 3.58. The van der Waals surface area contributed by atoms with E-state index in [9.17, 15) is 4.79 Å². The molecule has 0 aliphatic rings. The van der Waals surface area contributed by atoms with Crippen molar-refractivity contribution in [1.29, 1.82) is 0 Å². The number of ether oxygens (including phenoxy) is 2. The molecule has 0 unspecified atom stereocenters. The summed E-state index contributed by atoms with van der Waals surface area (Å²) < 4.78 is 10.3. The van der Waals surface area contributed by atoms with Crippen LogP contribution in [0.15, 0.2) is 23.0 Å². The molecule has 1 heterocycles. The molecule has 0 fully saturated rings. The van der Waals surface area contributed by atoms with Crippen molar-refractivity contribution >= 4 is 10.8 Å². The molecule has 0 saturated heterocycles. The lowest BCUT2D eigenvalue weighted by atomic mass is 10.1. The summed E-state index contributed by atoms with van der Waals surface area (Å²) in [6, 6.07) is 5.39. The van der Waals surface area contributed by atoms with Gasteiger partial charge in [-0.2, -0.15) is 0 Å². The number of H-pyrrole nitrogens is 1. The Morgan fingerprint density at radius 3 is 2.31 bits per heavy atom. The summed E-state index contributed by atoms with van der Waals surface area (Å²) in [5.41, 5.74) is 0.709. The summed E-state index contributed by atoms with van der Waals surface area (Å²) in [5, 5.41) is 1.45. The Bertz CT molecular complexity index is 587. The highest BCUT2D eigenvalue weighted by molar-refractivity contribution is 5.85. The molecule has 1 N–H and O–H groups in total. The third-order valence-electron chi connectivity index (χ3n) is 2.48. The Balaban J connectivity index is 2.83. The zero-order valence-electron chi connectivity index (χ0n) is 9.46.